The molecule has 3 atom stereocenters. The van der Waals surface area contributed by atoms with E-state index in [0.29, 0.717) is 17.7 Å². The van der Waals surface area contributed by atoms with Crippen LogP contribution in [0.15, 0.2) is 12.3 Å². The molecule has 8 nitrogen and oxygen atoms in total. The first-order chi connectivity index (χ1) is 14.5. The number of nitrogens with one attached hydrogen (secondary N) is 2. The van der Waals surface area contributed by atoms with Crippen LogP contribution in [-0.2, 0) is 22.4 Å². The zero-order chi connectivity index (χ0) is 20.5. The van der Waals surface area contributed by atoms with Crippen molar-refractivity contribution in [3.8, 4) is 11.5 Å². The van der Waals surface area contributed by atoms with Gasteiger partial charge in [-0.15, -0.1) is 0 Å². The molecule has 1 amide bonds. The van der Waals surface area contributed by atoms with Crippen LogP contribution < -0.4 is 4.90 Å². The highest BCUT2D eigenvalue weighted by molar-refractivity contribution is 5.97. The number of aromatic nitrogens is 5. The lowest BCUT2D eigenvalue weighted by Crippen LogP contribution is -2.39. The first kappa shape index (κ1) is 18.1. The molecule has 156 valence electrons. The van der Waals surface area contributed by atoms with Crippen LogP contribution in [0, 0.1) is 11.3 Å². The molecule has 1 aliphatic heterocycles. The Bertz CT molecular complexity index is 1140. The molecule has 8 heteroatoms. The SMILES string of the molecule is CN(C(=O)[C@H]1CCCCO1)c1cnc2nc(-c3n[nH]c4c3C[C@@H]3C[C@]3(C)C4)[nH]c2c1. The Labute approximate surface area is 174 Å². The summed E-state index contributed by atoms with van der Waals surface area (Å²) < 4.78 is 5.65. The third-order valence-electron chi connectivity index (χ3n) is 7.24. The molecule has 2 N–H and O–H groups in total. The van der Waals surface area contributed by atoms with E-state index in [1.807, 2.05) is 6.07 Å². The minimum Gasteiger partial charge on any atom is -0.368 e. The summed E-state index contributed by atoms with van der Waals surface area (Å²) in [6, 6.07) is 1.93. The van der Waals surface area contributed by atoms with E-state index in [4.69, 9.17) is 4.74 Å². The molecule has 3 aromatic rings. The van der Waals surface area contributed by atoms with Gasteiger partial charge in [0.05, 0.1) is 17.4 Å². The molecule has 2 aliphatic carbocycles. The monoisotopic (exact) mass is 406 g/mol. The fourth-order valence-corrected chi connectivity index (χ4v) is 5.12. The number of imidazole rings is 1. The van der Waals surface area contributed by atoms with Crippen molar-refractivity contribution in [1.29, 1.82) is 0 Å². The van der Waals surface area contributed by atoms with Gasteiger partial charge in [-0.25, -0.2) is 9.97 Å². The van der Waals surface area contributed by atoms with Crippen molar-refractivity contribution in [2.24, 2.45) is 11.3 Å². The number of H-pyrrole nitrogens is 2. The Morgan fingerprint density at radius 1 is 1.37 bits per heavy atom. The molecule has 30 heavy (non-hydrogen) atoms. The molecule has 0 aromatic carbocycles. The third kappa shape index (κ3) is 2.77. The van der Waals surface area contributed by atoms with Gasteiger partial charge in [-0.2, -0.15) is 5.10 Å². The fraction of sp³-hybridized carbons (Fsp3) is 0.545. The molecule has 4 heterocycles. The van der Waals surface area contributed by atoms with Crippen LogP contribution >= 0.6 is 0 Å². The molecule has 0 radical (unpaired) electrons. The standard InChI is InChI=1S/C22H26N6O2/c1-22-9-12(22)7-14-16(10-22)26-27-18(14)20-24-15-8-13(11-23-19(15)25-20)28(2)21(29)17-5-3-4-6-30-17/h8,11-12,17H,3-7,9-10H2,1-2H3,(H,26,27)(H,23,24,25)/t12-,17-,22-/m1/s1. The molecule has 1 saturated heterocycles. The van der Waals surface area contributed by atoms with Crippen molar-refractivity contribution in [2.45, 2.75) is 51.6 Å². The Hall–Kier alpha value is -2.74. The second-order valence-corrected chi connectivity index (χ2v) is 9.37. The maximum atomic E-state index is 12.8. The number of amides is 1. The number of aromatic amines is 2. The second kappa shape index (κ2) is 6.38. The van der Waals surface area contributed by atoms with Crippen molar-refractivity contribution in [3.05, 3.63) is 23.5 Å². The predicted octanol–water partition coefficient (Wildman–Crippen LogP) is 3.00. The van der Waals surface area contributed by atoms with Crippen LogP contribution in [0.25, 0.3) is 22.7 Å². The average Bonchev–Trinajstić information content (AvgIpc) is 3.07. The number of rotatable bonds is 3. The zero-order valence-electron chi connectivity index (χ0n) is 17.4. The van der Waals surface area contributed by atoms with Crippen LogP contribution in [0.2, 0.25) is 0 Å². The van der Waals surface area contributed by atoms with E-state index < -0.39 is 0 Å². The van der Waals surface area contributed by atoms with Gasteiger partial charge in [-0.1, -0.05) is 6.92 Å². The molecule has 6 rings (SSSR count). The van der Waals surface area contributed by atoms with E-state index in [9.17, 15) is 4.79 Å². The van der Waals surface area contributed by atoms with Gasteiger partial charge in [0.1, 0.15) is 11.8 Å². The molecular weight excluding hydrogens is 380 g/mol. The van der Waals surface area contributed by atoms with Crippen LogP contribution in [0.3, 0.4) is 0 Å². The minimum atomic E-state index is -0.361. The Morgan fingerprint density at radius 3 is 3.10 bits per heavy atom. The summed E-state index contributed by atoms with van der Waals surface area (Å²) in [4.78, 5) is 27.0. The van der Waals surface area contributed by atoms with Gasteiger partial charge < -0.3 is 14.6 Å². The van der Waals surface area contributed by atoms with E-state index in [-0.39, 0.29) is 12.0 Å². The highest BCUT2D eigenvalue weighted by Gasteiger charge is 2.53. The minimum absolute atomic E-state index is 0.0237. The van der Waals surface area contributed by atoms with E-state index in [0.717, 1.165) is 60.7 Å². The molecule has 0 bridgehead atoms. The molecular formula is C22H26N6O2. The van der Waals surface area contributed by atoms with Gasteiger partial charge >= 0.3 is 0 Å². The molecule has 1 saturated carbocycles. The van der Waals surface area contributed by atoms with Crippen LogP contribution in [0.4, 0.5) is 5.69 Å². The first-order valence-electron chi connectivity index (χ1n) is 10.8. The summed E-state index contributed by atoms with van der Waals surface area (Å²) in [7, 11) is 1.77. The van der Waals surface area contributed by atoms with Gasteiger partial charge in [0, 0.05) is 24.9 Å². The number of hydrogen-bond donors (Lipinski definition) is 2. The van der Waals surface area contributed by atoms with Crippen molar-refractivity contribution in [1.82, 2.24) is 25.1 Å². The lowest BCUT2D eigenvalue weighted by Gasteiger charge is -2.26. The fourth-order valence-electron chi connectivity index (χ4n) is 5.12. The summed E-state index contributed by atoms with van der Waals surface area (Å²) >= 11 is 0. The van der Waals surface area contributed by atoms with Gasteiger partial charge in [0.25, 0.3) is 5.91 Å². The number of anilines is 1. The normalized spacial score (nSPS) is 27.5. The number of nitrogens with zero attached hydrogens (tertiary/aromatic N) is 4. The lowest BCUT2D eigenvalue weighted by atomic mass is 9.88. The van der Waals surface area contributed by atoms with Crippen LogP contribution in [-0.4, -0.2) is 50.8 Å². The Balaban J connectivity index is 1.29. The maximum absolute atomic E-state index is 12.8. The number of ether oxygens (including phenoxy) is 1. The van der Waals surface area contributed by atoms with Crippen molar-refractivity contribution in [3.63, 3.8) is 0 Å². The molecule has 0 unspecified atom stereocenters. The highest BCUT2D eigenvalue weighted by atomic mass is 16.5. The Morgan fingerprint density at radius 2 is 2.27 bits per heavy atom. The number of carbonyl (C=O) groups excluding carboxylic acids is 1. The molecule has 2 fully saturated rings. The molecule has 3 aromatic heterocycles. The average molecular weight is 406 g/mol. The number of pyridine rings is 1. The van der Waals surface area contributed by atoms with E-state index >= 15 is 0 Å². The first-order valence-corrected chi connectivity index (χ1v) is 10.8. The quantitative estimate of drug-likeness (QED) is 0.696. The number of hydrogen-bond acceptors (Lipinski definition) is 5. The van der Waals surface area contributed by atoms with Crippen LogP contribution in [0.1, 0.15) is 43.9 Å². The second-order valence-electron chi connectivity index (χ2n) is 9.37. The summed E-state index contributed by atoms with van der Waals surface area (Å²) in [6.07, 6.45) is 7.59. The van der Waals surface area contributed by atoms with Crippen molar-refractivity contribution in [2.75, 3.05) is 18.6 Å². The zero-order valence-corrected chi connectivity index (χ0v) is 17.4. The number of likely N-dealkylation sites (N-methyl/N-ethyl adjacent to an activating group) is 1. The van der Waals surface area contributed by atoms with E-state index in [1.54, 1.807) is 18.1 Å². The van der Waals surface area contributed by atoms with Gasteiger partial charge in [0.2, 0.25) is 0 Å². The summed E-state index contributed by atoms with van der Waals surface area (Å²) in [5.41, 5.74) is 6.06. The summed E-state index contributed by atoms with van der Waals surface area (Å²) in [5, 5.41) is 7.80. The van der Waals surface area contributed by atoms with E-state index in [2.05, 4.69) is 32.1 Å². The highest BCUT2D eigenvalue weighted by Crippen LogP contribution is 2.59. The summed E-state index contributed by atoms with van der Waals surface area (Å²) in [5.74, 6) is 1.47. The lowest BCUT2D eigenvalue weighted by molar-refractivity contribution is -0.132. The smallest absolute Gasteiger partial charge is 0.255 e. The predicted molar refractivity (Wildman–Crippen MR) is 112 cm³/mol. The van der Waals surface area contributed by atoms with Crippen molar-refractivity contribution < 1.29 is 9.53 Å². The van der Waals surface area contributed by atoms with Crippen molar-refractivity contribution >= 4 is 22.8 Å². The number of fused-ring (bicyclic) bond motifs is 3. The van der Waals surface area contributed by atoms with Gasteiger partial charge in [0.15, 0.2) is 11.5 Å². The summed E-state index contributed by atoms with van der Waals surface area (Å²) in [6.45, 7) is 3.02. The number of carbonyl (C=O) groups is 1. The maximum Gasteiger partial charge on any atom is 0.255 e. The molecule has 3 aliphatic rings. The van der Waals surface area contributed by atoms with Gasteiger partial charge in [-0.3, -0.25) is 9.89 Å². The largest absolute Gasteiger partial charge is 0.368 e. The third-order valence-corrected chi connectivity index (χ3v) is 7.24. The topological polar surface area (TPSA) is 99.8 Å². The van der Waals surface area contributed by atoms with E-state index in [1.165, 1.54) is 17.7 Å². The Kier molecular flexibility index (Phi) is 3.84. The van der Waals surface area contributed by atoms with Gasteiger partial charge in [-0.05, 0) is 55.9 Å². The molecule has 0 spiro atoms. The van der Waals surface area contributed by atoms with Crippen LogP contribution in [0.5, 0.6) is 0 Å².